The number of nitrogens with zero attached hydrogens (tertiary/aromatic N) is 1. The van der Waals surface area contributed by atoms with E-state index in [9.17, 15) is 14.7 Å². The van der Waals surface area contributed by atoms with E-state index in [0.29, 0.717) is 18.5 Å². The molecule has 1 aliphatic rings. The number of hydrogen-bond acceptors (Lipinski definition) is 4. The summed E-state index contributed by atoms with van der Waals surface area (Å²) >= 11 is 0. The molecule has 4 N–H and O–H groups in total. The summed E-state index contributed by atoms with van der Waals surface area (Å²) in [6, 6.07) is 12.5. The van der Waals surface area contributed by atoms with Crippen molar-refractivity contribution < 1.29 is 15.0 Å². The number of aromatic carboxylic acids is 1. The van der Waals surface area contributed by atoms with Crippen LogP contribution in [0, 0.1) is 0 Å². The SMILES string of the molecule is CC(CCc1cccc(C(=O)O)c1)N[C@@H]1CCn2c(=O)[nH]c3cccc(c32)[C@H]1O. The Bertz CT molecular complexity index is 1100. The number of aromatic nitrogens is 2. The highest BCUT2D eigenvalue weighted by molar-refractivity contribution is 5.87. The van der Waals surface area contributed by atoms with Gasteiger partial charge in [0.2, 0.25) is 0 Å². The highest BCUT2D eigenvalue weighted by Crippen LogP contribution is 2.30. The predicted molar refractivity (Wildman–Crippen MR) is 110 cm³/mol. The van der Waals surface area contributed by atoms with Crippen molar-refractivity contribution in [3.63, 3.8) is 0 Å². The van der Waals surface area contributed by atoms with Crippen molar-refractivity contribution in [1.29, 1.82) is 0 Å². The molecule has 29 heavy (non-hydrogen) atoms. The molecule has 0 saturated carbocycles. The van der Waals surface area contributed by atoms with E-state index in [2.05, 4.69) is 17.2 Å². The van der Waals surface area contributed by atoms with Gasteiger partial charge in [-0.05, 0) is 49.9 Å². The molecule has 0 radical (unpaired) electrons. The number of carboxylic acids is 1. The number of rotatable bonds is 6. The molecule has 3 atom stereocenters. The van der Waals surface area contributed by atoms with Crippen LogP contribution in [0.4, 0.5) is 0 Å². The lowest BCUT2D eigenvalue weighted by Gasteiger charge is -2.26. The summed E-state index contributed by atoms with van der Waals surface area (Å²) in [5.41, 5.74) is 3.42. The minimum Gasteiger partial charge on any atom is -0.478 e. The summed E-state index contributed by atoms with van der Waals surface area (Å²) in [5.74, 6) is -0.923. The number of benzene rings is 2. The smallest absolute Gasteiger partial charge is 0.335 e. The first-order chi connectivity index (χ1) is 13.9. The molecule has 1 unspecified atom stereocenters. The van der Waals surface area contributed by atoms with Gasteiger partial charge in [-0.3, -0.25) is 4.57 Å². The second kappa shape index (κ2) is 7.85. The van der Waals surface area contributed by atoms with Crippen LogP contribution in [0.2, 0.25) is 0 Å². The van der Waals surface area contributed by atoms with E-state index in [1.54, 1.807) is 22.8 Å². The molecule has 0 bridgehead atoms. The molecule has 0 aliphatic carbocycles. The van der Waals surface area contributed by atoms with Gasteiger partial charge in [-0.25, -0.2) is 9.59 Å². The largest absolute Gasteiger partial charge is 0.478 e. The van der Waals surface area contributed by atoms with Gasteiger partial charge in [-0.1, -0.05) is 24.3 Å². The average Bonchev–Trinajstić information content (AvgIpc) is 2.96. The molecule has 1 aromatic heterocycles. The van der Waals surface area contributed by atoms with Crippen molar-refractivity contribution in [3.05, 3.63) is 69.6 Å². The first kappa shape index (κ1) is 19.4. The van der Waals surface area contributed by atoms with Crippen molar-refractivity contribution in [2.45, 2.75) is 50.9 Å². The Morgan fingerprint density at radius 1 is 1.31 bits per heavy atom. The van der Waals surface area contributed by atoms with E-state index in [1.165, 1.54) is 0 Å². The highest BCUT2D eigenvalue weighted by Gasteiger charge is 2.29. The quantitative estimate of drug-likeness (QED) is 0.513. The molecule has 2 aromatic carbocycles. The van der Waals surface area contributed by atoms with E-state index in [1.807, 2.05) is 24.3 Å². The first-order valence-corrected chi connectivity index (χ1v) is 9.92. The average molecular weight is 395 g/mol. The Hall–Kier alpha value is -2.90. The molecule has 0 amide bonds. The Balaban J connectivity index is 1.45. The topological polar surface area (TPSA) is 107 Å². The second-order valence-corrected chi connectivity index (χ2v) is 7.78. The van der Waals surface area contributed by atoms with Crippen molar-refractivity contribution in [2.75, 3.05) is 0 Å². The fraction of sp³-hybridized carbons (Fsp3) is 0.364. The summed E-state index contributed by atoms with van der Waals surface area (Å²) in [7, 11) is 0. The molecule has 3 aromatic rings. The molecule has 4 rings (SSSR count). The van der Waals surface area contributed by atoms with Gasteiger partial charge in [0, 0.05) is 24.2 Å². The van der Waals surface area contributed by atoms with E-state index in [-0.39, 0.29) is 17.8 Å². The number of aliphatic hydroxyl groups is 1. The lowest BCUT2D eigenvalue weighted by atomic mass is 9.98. The molecular formula is C22H25N3O4. The third-order valence-corrected chi connectivity index (χ3v) is 5.73. The highest BCUT2D eigenvalue weighted by atomic mass is 16.4. The zero-order chi connectivity index (χ0) is 20.5. The molecular weight excluding hydrogens is 370 g/mol. The van der Waals surface area contributed by atoms with Gasteiger partial charge in [0.25, 0.3) is 0 Å². The molecule has 152 valence electrons. The maximum Gasteiger partial charge on any atom is 0.335 e. The fourth-order valence-electron chi connectivity index (χ4n) is 4.21. The van der Waals surface area contributed by atoms with Crippen LogP contribution in [0.5, 0.6) is 0 Å². The third kappa shape index (κ3) is 3.83. The van der Waals surface area contributed by atoms with E-state index >= 15 is 0 Å². The van der Waals surface area contributed by atoms with Gasteiger partial charge in [-0.2, -0.15) is 0 Å². The maximum atomic E-state index is 12.2. The number of imidazole rings is 1. The van der Waals surface area contributed by atoms with Crippen LogP contribution in [0.25, 0.3) is 11.0 Å². The van der Waals surface area contributed by atoms with Crippen LogP contribution in [-0.4, -0.2) is 37.8 Å². The Morgan fingerprint density at radius 2 is 2.10 bits per heavy atom. The van der Waals surface area contributed by atoms with E-state index in [4.69, 9.17) is 5.11 Å². The number of para-hydroxylation sites is 1. The molecule has 1 aliphatic heterocycles. The van der Waals surface area contributed by atoms with Crippen molar-refractivity contribution in [3.8, 4) is 0 Å². The summed E-state index contributed by atoms with van der Waals surface area (Å²) in [6.07, 6.45) is 1.48. The fourth-order valence-corrected chi connectivity index (χ4v) is 4.21. The van der Waals surface area contributed by atoms with Crippen molar-refractivity contribution in [1.82, 2.24) is 14.9 Å². The summed E-state index contributed by atoms with van der Waals surface area (Å²) < 4.78 is 1.71. The summed E-state index contributed by atoms with van der Waals surface area (Å²) in [4.78, 5) is 26.2. The Kier molecular flexibility index (Phi) is 5.25. The number of hydrogen-bond donors (Lipinski definition) is 4. The maximum absolute atomic E-state index is 12.2. The molecule has 7 nitrogen and oxygen atoms in total. The van der Waals surface area contributed by atoms with Gasteiger partial charge in [0.15, 0.2) is 0 Å². The zero-order valence-electron chi connectivity index (χ0n) is 16.3. The second-order valence-electron chi connectivity index (χ2n) is 7.78. The standard InChI is InChI=1S/C22H25N3O4/c1-13(8-9-14-4-2-5-15(12-14)21(27)28)23-18-10-11-25-19-16(20(18)26)6-3-7-17(19)24-22(25)29/h2-7,12-13,18,20,23,26H,8-11H2,1H3,(H,24,29)(H,27,28)/t13?,18-,20-/m1/s1. The van der Waals surface area contributed by atoms with Crippen LogP contribution in [-0.2, 0) is 13.0 Å². The van der Waals surface area contributed by atoms with E-state index in [0.717, 1.165) is 35.0 Å². The van der Waals surface area contributed by atoms with Gasteiger partial charge in [0.05, 0.1) is 22.7 Å². The van der Waals surface area contributed by atoms with Gasteiger partial charge < -0.3 is 20.5 Å². The van der Waals surface area contributed by atoms with Crippen molar-refractivity contribution in [2.24, 2.45) is 0 Å². The minimum atomic E-state index is -0.923. The molecule has 7 heteroatoms. The number of carboxylic acid groups (broad SMARTS) is 1. The van der Waals surface area contributed by atoms with Crippen LogP contribution in [0.15, 0.2) is 47.3 Å². The lowest BCUT2D eigenvalue weighted by molar-refractivity contribution is 0.0696. The van der Waals surface area contributed by atoms with E-state index < -0.39 is 12.1 Å². The van der Waals surface area contributed by atoms with Gasteiger partial charge in [0.1, 0.15) is 0 Å². The predicted octanol–water partition coefficient (Wildman–Crippen LogP) is 2.44. The van der Waals surface area contributed by atoms with Gasteiger partial charge >= 0.3 is 11.7 Å². The summed E-state index contributed by atoms with van der Waals surface area (Å²) in [6.45, 7) is 2.60. The monoisotopic (exact) mass is 395 g/mol. The third-order valence-electron chi connectivity index (χ3n) is 5.73. The molecule has 0 spiro atoms. The Morgan fingerprint density at radius 3 is 2.90 bits per heavy atom. The zero-order valence-corrected chi connectivity index (χ0v) is 16.3. The van der Waals surface area contributed by atoms with Crippen LogP contribution in [0.3, 0.4) is 0 Å². The Labute approximate surface area is 168 Å². The number of aliphatic hydroxyl groups excluding tert-OH is 1. The first-order valence-electron chi connectivity index (χ1n) is 9.92. The molecule has 0 fully saturated rings. The lowest BCUT2D eigenvalue weighted by Crippen LogP contribution is -2.41. The normalized spacial score (nSPS) is 19.8. The van der Waals surface area contributed by atoms with Crippen LogP contribution < -0.4 is 11.0 Å². The summed E-state index contributed by atoms with van der Waals surface area (Å²) in [5, 5.41) is 23.6. The van der Waals surface area contributed by atoms with Crippen LogP contribution >= 0.6 is 0 Å². The molecule has 2 heterocycles. The van der Waals surface area contributed by atoms with Crippen LogP contribution in [0.1, 0.15) is 47.4 Å². The minimum absolute atomic E-state index is 0.123. The van der Waals surface area contributed by atoms with Gasteiger partial charge in [-0.15, -0.1) is 0 Å². The molecule has 0 saturated heterocycles. The number of carbonyl (C=O) groups is 1. The van der Waals surface area contributed by atoms with Crippen molar-refractivity contribution >= 4 is 17.0 Å². The number of aryl methyl sites for hydroxylation is 2. The number of aromatic amines is 1. The number of H-pyrrole nitrogens is 1. The number of nitrogens with one attached hydrogen (secondary N) is 2.